The van der Waals surface area contributed by atoms with Gasteiger partial charge in [-0.05, 0) is 6.07 Å². The van der Waals surface area contributed by atoms with Gasteiger partial charge in [0.25, 0.3) is 5.69 Å². The van der Waals surface area contributed by atoms with Crippen LogP contribution < -0.4 is 4.90 Å². The summed E-state index contributed by atoms with van der Waals surface area (Å²) in [4.78, 5) is 12.1. The molecule has 0 N–H and O–H groups in total. The first-order valence-corrected chi connectivity index (χ1v) is 4.70. The van der Waals surface area contributed by atoms with Crippen LogP contribution in [0.3, 0.4) is 0 Å². The average molecular weight is 215 g/mol. The second kappa shape index (κ2) is 4.81. The fourth-order valence-corrected chi connectivity index (χ4v) is 1.44. The number of nitro groups is 1. The van der Waals surface area contributed by atoms with E-state index >= 15 is 0 Å². The van der Waals surface area contributed by atoms with E-state index in [9.17, 15) is 10.1 Å². The molecule has 0 aliphatic carbocycles. The highest BCUT2D eigenvalue weighted by atomic mass is 35.5. The van der Waals surface area contributed by atoms with Gasteiger partial charge in [0.2, 0.25) is 0 Å². The lowest BCUT2D eigenvalue weighted by atomic mass is 10.2. The van der Waals surface area contributed by atoms with E-state index in [1.807, 2.05) is 0 Å². The highest BCUT2D eigenvalue weighted by Crippen LogP contribution is 2.26. The SMILES string of the molecule is CN(CCCl)c1ccccc1[N+](=O)[O-]. The van der Waals surface area contributed by atoms with Crippen LogP contribution in [-0.2, 0) is 0 Å². The van der Waals surface area contributed by atoms with Crippen molar-refractivity contribution in [1.29, 1.82) is 0 Å². The smallest absolute Gasteiger partial charge is 0.292 e. The summed E-state index contributed by atoms with van der Waals surface area (Å²) in [5, 5.41) is 10.7. The molecule has 0 aliphatic heterocycles. The van der Waals surface area contributed by atoms with Gasteiger partial charge in [0.05, 0.1) is 4.92 Å². The van der Waals surface area contributed by atoms with Gasteiger partial charge in [0.15, 0.2) is 0 Å². The molecule has 0 atom stereocenters. The zero-order valence-corrected chi connectivity index (χ0v) is 8.57. The van der Waals surface area contributed by atoms with Gasteiger partial charge in [-0.1, -0.05) is 12.1 Å². The molecular weight excluding hydrogens is 204 g/mol. The largest absolute Gasteiger partial charge is 0.368 e. The Balaban J connectivity index is 3.00. The van der Waals surface area contributed by atoms with E-state index in [0.717, 1.165) is 0 Å². The van der Waals surface area contributed by atoms with Crippen LogP contribution in [0.2, 0.25) is 0 Å². The van der Waals surface area contributed by atoms with E-state index in [4.69, 9.17) is 11.6 Å². The van der Waals surface area contributed by atoms with Crippen LogP contribution in [0.5, 0.6) is 0 Å². The molecular formula is C9H11ClN2O2. The Morgan fingerprint density at radius 1 is 1.50 bits per heavy atom. The summed E-state index contributed by atoms with van der Waals surface area (Å²) in [7, 11) is 1.78. The number of halogens is 1. The maximum atomic E-state index is 10.7. The van der Waals surface area contributed by atoms with Crippen LogP contribution in [0.15, 0.2) is 24.3 Å². The number of rotatable bonds is 4. The van der Waals surface area contributed by atoms with Crippen LogP contribution in [0.4, 0.5) is 11.4 Å². The second-order valence-corrected chi connectivity index (χ2v) is 3.23. The highest BCUT2D eigenvalue weighted by Gasteiger charge is 2.14. The number of nitrogens with zero attached hydrogens (tertiary/aromatic N) is 2. The molecule has 0 radical (unpaired) electrons. The lowest BCUT2D eigenvalue weighted by molar-refractivity contribution is -0.384. The Morgan fingerprint density at radius 2 is 2.14 bits per heavy atom. The van der Waals surface area contributed by atoms with Crippen molar-refractivity contribution >= 4 is 23.0 Å². The highest BCUT2D eigenvalue weighted by molar-refractivity contribution is 6.18. The van der Waals surface area contributed by atoms with Crippen LogP contribution in [0.25, 0.3) is 0 Å². The predicted octanol–water partition coefficient (Wildman–Crippen LogP) is 2.27. The molecule has 0 fully saturated rings. The summed E-state index contributed by atoms with van der Waals surface area (Å²) in [5.74, 6) is 0.447. The van der Waals surface area contributed by atoms with Crippen molar-refractivity contribution in [2.75, 3.05) is 24.4 Å². The van der Waals surface area contributed by atoms with Gasteiger partial charge < -0.3 is 4.90 Å². The quantitative estimate of drug-likeness (QED) is 0.439. The van der Waals surface area contributed by atoms with E-state index in [1.54, 1.807) is 30.1 Å². The molecule has 0 aliphatic rings. The Hall–Kier alpha value is -1.29. The number of alkyl halides is 1. The molecule has 14 heavy (non-hydrogen) atoms. The third-order valence-electron chi connectivity index (χ3n) is 1.91. The first-order valence-electron chi connectivity index (χ1n) is 4.17. The van der Waals surface area contributed by atoms with E-state index in [0.29, 0.717) is 18.1 Å². The van der Waals surface area contributed by atoms with Crippen molar-refractivity contribution < 1.29 is 4.92 Å². The number of hydrogen-bond acceptors (Lipinski definition) is 3. The first-order chi connectivity index (χ1) is 6.66. The molecule has 1 rings (SSSR count). The molecule has 1 aromatic rings. The van der Waals surface area contributed by atoms with Crippen LogP contribution in [0, 0.1) is 10.1 Å². The molecule has 0 saturated carbocycles. The van der Waals surface area contributed by atoms with E-state index in [1.165, 1.54) is 6.07 Å². The third-order valence-corrected chi connectivity index (χ3v) is 2.08. The molecule has 76 valence electrons. The van der Waals surface area contributed by atoms with Gasteiger partial charge in [-0.3, -0.25) is 10.1 Å². The summed E-state index contributed by atoms with van der Waals surface area (Å²) in [6, 6.07) is 6.62. The van der Waals surface area contributed by atoms with Crippen molar-refractivity contribution in [3.05, 3.63) is 34.4 Å². The summed E-state index contributed by atoms with van der Waals surface area (Å²) in [6.45, 7) is 0.590. The molecule has 1 aromatic carbocycles. The van der Waals surface area contributed by atoms with Gasteiger partial charge in [-0.15, -0.1) is 11.6 Å². The summed E-state index contributed by atoms with van der Waals surface area (Å²) >= 11 is 5.57. The fourth-order valence-electron chi connectivity index (χ4n) is 1.19. The Kier molecular flexibility index (Phi) is 3.71. The molecule has 0 heterocycles. The molecule has 0 unspecified atom stereocenters. The minimum atomic E-state index is -0.389. The molecule has 0 aromatic heterocycles. The number of para-hydroxylation sites is 2. The van der Waals surface area contributed by atoms with Crippen molar-refractivity contribution in [3.63, 3.8) is 0 Å². The van der Waals surface area contributed by atoms with E-state index in [-0.39, 0.29) is 10.6 Å². The second-order valence-electron chi connectivity index (χ2n) is 2.86. The van der Waals surface area contributed by atoms with Crippen molar-refractivity contribution in [2.45, 2.75) is 0 Å². The zero-order chi connectivity index (χ0) is 10.6. The van der Waals surface area contributed by atoms with Gasteiger partial charge in [-0.2, -0.15) is 0 Å². The number of benzene rings is 1. The van der Waals surface area contributed by atoms with E-state index in [2.05, 4.69) is 0 Å². The Morgan fingerprint density at radius 3 is 2.71 bits per heavy atom. The van der Waals surface area contributed by atoms with Crippen molar-refractivity contribution in [1.82, 2.24) is 0 Å². The van der Waals surface area contributed by atoms with Crippen LogP contribution in [-0.4, -0.2) is 24.4 Å². The topological polar surface area (TPSA) is 46.4 Å². The average Bonchev–Trinajstić information content (AvgIpc) is 2.18. The monoisotopic (exact) mass is 214 g/mol. The van der Waals surface area contributed by atoms with Gasteiger partial charge in [0, 0.05) is 25.5 Å². The van der Waals surface area contributed by atoms with E-state index < -0.39 is 0 Å². The Bertz CT molecular complexity index is 330. The van der Waals surface area contributed by atoms with Crippen LogP contribution in [0.1, 0.15) is 0 Å². The third kappa shape index (κ3) is 2.35. The standard InChI is InChI=1S/C9H11ClN2O2/c1-11(7-6-10)8-4-2-3-5-9(8)12(13)14/h2-5H,6-7H2,1H3. The van der Waals surface area contributed by atoms with Gasteiger partial charge in [-0.25, -0.2) is 0 Å². The van der Waals surface area contributed by atoms with Crippen LogP contribution >= 0.6 is 11.6 Å². The number of nitro benzene ring substituents is 1. The minimum absolute atomic E-state index is 0.111. The molecule has 0 spiro atoms. The molecule has 5 heteroatoms. The Labute approximate surface area is 87.2 Å². The molecule has 0 bridgehead atoms. The molecule has 0 saturated heterocycles. The summed E-state index contributed by atoms with van der Waals surface area (Å²) < 4.78 is 0. The summed E-state index contributed by atoms with van der Waals surface area (Å²) in [5.41, 5.74) is 0.707. The zero-order valence-electron chi connectivity index (χ0n) is 7.81. The number of hydrogen-bond donors (Lipinski definition) is 0. The lowest BCUT2D eigenvalue weighted by Crippen LogP contribution is -2.20. The predicted molar refractivity (Wildman–Crippen MR) is 57.1 cm³/mol. The summed E-state index contributed by atoms with van der Waals surface area (Å²) in [6.07, 6.45) is 0. The minimum Gasteiger partial charge on any atom is -0.368 e. The van der Waals surface area contributed by atoms with Gasteiger partial charge in [0.1, 0.15) is 5.69 Å². The maximum absolute atomic E-state index is 10.7. The first kappa shape index (κ1) is 10.8. The normalized spacial score (nSPS) is 9.86. The molecule has 0 amide bonds. The van der Waals surface area contributed by atoms with Crippen molar-refractivity contribution in [3.8, 4) is 0 Å². The molecule has 4 nitrogen and oxygen atoms in total. The lowest BCUT2D eigenvalue weighted by Gasteiger charge is -2.17. The number of anilines is 1. The van der Waals surface area contributed by atoms with Crippen molar-refractivity contribution in [2.24, 2.45) is 0 Å². The maximum Gasteiger partial charge on any atom is 0.292 e. The van der Waals surface area contributed by atoms with Gasteiger partial charge >= 0.3 is 0 Å². The fraction of sp³-hybridized carbons (Fsp3) is 0.333.